The number of unbranched alkanes of at least 4 members (excludes halogenated alkanes) is 9. The van der Waals surface area contributed by atoms with Crippen LogP contribution in [0, 0.1) is 5.92 Å². The van der Waals surface area contributed by atoms with Gasteiger partial charge in [0.05, 0.1) is 25.9 Å². The summed E-state index contributed by atoms with van der Waals surface area (Å²) in [5.74, 6) is -0.383. The minimum atomic E-state index is -4.87. The van der Waals surface area contributed by atoms with Crippen molar-refractivity contribution < 1.29 is 66.7 Å². The van der Waals surface area contributed by atoms with Crippen molar-refractivity contribution in [3.8, 4) is 0 Å². The molecule has 14 nitrogen and oxygen atoms in total. The lowest BCUT2D eigenvalue weighted by Gasteiger charge is -2.20. The summed E-state index contributed by atoms with van der Waals surface area (Å²) in [4.78, 5) is 52.4. The molecule has 5 atom stereocenters. The number of aliphatic hydroxyl groups excluding tert-OH is 2. The lowest BCUT2D eigenvalue weighted by Crippen LogP contribution is -2.30. The Morgan fingerprint density at radius 2 is 1.23 bits per heavy atom. The molecule has 0 rings (SSSR count). The van der Waals surface area contributed by atoms with Crippen LogP contribution in [0.5, 0.6) is 0 Å². The van der Waals surface area contributed by atoms with E-state index in [0.717, 1.165) is 70.1 Å². The second-order valence-electron chi connectivity index (χ2n) is 13.3. The van der Waals surface area contributed by atoms with Crippen LogP contribution in [0.1, 0.15) is 136 Å². The molecule has 16 heteroatoms. The third-order valence-electron chi connectivity index (χ3n) is 8.18. The summed E-state index contributed by atoms with van der Waals surface area (Å²) < 4.78 is 47.5. The predicted molar refractivity (Wildman–Crippen MR) is 204 cm³/mol. The van der Waals surface area contributed by atoms with E-state index in [-0.39, 0.29) is 12.8 Å². The SMILES string of the molecule is CC/C=C/C/C=C/C=C/C(O)CCCCCCCC(=O)OC[C@H](COP(=O)(O)OC[C@@H](O)COP(=O)(O)O)OC(=O)CCCCCCCCC(C)CC. The fourth-order valence-corrected chi connectivity index (χ4v) is 6.01. The highest BCUT2D eigenvalue weighted by Crippen LogP contribution is 2.43. The maximum atomic E-state index is 12.6. The Morgan fingerprint density at radius 1 is 0.660 bits per heavy atom. The highest BCUT2D eigenvalue weighted by molar-refractivity contribution is 7.47. The number of allylic oxidation sites excluding steroid dienone is 5. The number of ether oxygens (including phenoxy) is 2. The number of hydrogen-bond donors (Lipinski definition) is 5. The normalized spacial score (nSPS) is 15.8. The first-order chi connectivity index (χ1) is 25.2. The number of aliphatic hydroxyl groups is 2. The van der Waals surface area contributed by atoms with E-state index in [0.29, 0.717) is 19.3 Å². The molecule has 0 spiro atoms. The molecular weight excluding hydrogens is 730 g/mol. The molecule has 0 radical (unpaired) electrons. The fourth-order valence-electron chi connectivity index (χ4n) is 4.86. The van der Waals surface area contributed by atoms with Gasteiger partial charge in [0.2, 0.25) is 0 Å². The topological polar surface area (TPSA) is 216 Å². The molecular formula is C37H68O14P2. The van der Waals surface area contributed by atoms with Crippen LogP contribution in [-0.4, -0.2) is 81.6 Å². The smallest absolute Gasteiger partial charge is 0.462 e. The Hall–Kier alpha value is -1.70. The van der Waals surface area contributed by atoms with Crippen LogP contribution in [0.15, 0.2) is 36.5 Å². The van der Waals surface area contributed by atoms with Gasteiger partial charge in [-0.05, 0) is 38.0 Å². The lowest BCUT2D eigenvalue weighted by molar-refractivity contribution is -0.161. The number of esters is 2. The molecule has 0 saturated carbocycles. The number of carbonyl (C=O) groups is 2. The quantitative estimate of drug-likeness (QED) is 0.0136. The average Bonchev–Trinajstić information content (AvgIpc) is 3.10. The van der Waals surface area contributed by atoms with Crippen molar-refractivity contribution >= 4 is 27.6 Å². The van der Waals surface area contributed by atoms with Crippen molar-refractivity contribution in [2.24, 2.45) is 5.92 Å². The zero-order chi connectivity index (χ0) is 39.8. The van der Waals surface area contributed by atoms with Crippen molar-refractivity contribution in [3.05, 3.63) is 36.5 Å². The number of rotatable bonds is 35. The van der Waals surface area contributed by atoms with Crippen LogP contribution >= 0.6 is 15.6 Å². The van der Waals surface area contributed by atoms with Crippen molar-refractivity contribution in [2.45, 2.75) is 155 Å². The van der Waals surface area contributed by atoms with Crippen molar-refractivity contribution in [2.75, 3.05) is 26.4 Å². The van der Waals surface area contributed by atoms with Crippen LogP contribution in [-0.2, 0) is 41.8 Å². The first kappa shape index (κ1) is 51.3. The molecule has 0 aliphatic rings. The lowest BCUT2D eigenvalue weighted by atomic mass is 10.00. The largest absolute Gasteiger partial charge is 0.472 e. The minimum Gasteiger partial charge on any atom is -0.462 e. The predicted octanol–water partition coefficient (Wildman–Crippen LogP) is 7.77. The van der Waals surface area contributed by atoms with E-state index in [1.54, 1.807) is 6.08 Å². The molecule has 0 bridgehead atoms. The summed E-state index contributed by atoms with van der Waals surface area (Å²) in [5, 5.41) is 19.8. The molecule has 0 aliphatic carbocycles. The summed E-state index contributed by atoms with van der Waals surface area (Å²) in [6, 6.07) is 0. The van der Waals surface area contributed by atoms with Gasteiger partial charge in [0, 0.05) is 12.8 Å². The molecule has 0 aromatic carbocycles. The highest BCUT2D eigenvalue weighted by atomic mass is 31.2. The van der Waals surface area contributed by atoms with Gasteiger partial charge in [-0.2, -0.15) is 0 Å². The first-order valence-corrected chi connectivity index (χ1v) is 22.2. The third kappa shape index (κ3) is 35.7. The molecule has 0 saturated heterocycles. The minimum absolute atomic E-state index is 0.109. The summed E-state index contributed by atoms with van der Waals surface area (Å²) >= 11 is 0. The van der Waals surface area contributed by atoms with E-state index in [9.17, 15) is 33.8 Å². The monoisotopic (exact) mass is 798 g/mol. The van der Waals surface area contributed by atoms with Gasteiger partial charge in [-0.25, -0.2) is 9.13 Å². The number of hydrogen-bond acceptors (Lipinski definition) is 11. The molecule has 0 fully saturated rings. The molecule has 53 heavy (non-hydrogen) atoms. The van der Waals surface area contributed by atoms with E-state index >= 15 is 0 Å². The average molecular weight is 799 g/mol. The Kier molecular flexibility index (Phi) is 31.5. The van der Waals surface area contributed by atoms with E-state index in [1.165, 1.54) is 19.3 Å². The van der Waals surface area contributed by atoms with Crippen molar-refractivity contribution in [1.29, 1.82) is 0 Å². The Bertz CT molecular complexity index is 1120. The van der Waals surface area contributed by atoms with Gasteiger partial charge in [0.15, 0.2) is 6.10 Å². The molecule has 0 aliphatic heterocycles. The zero-order valence-electron chi connectivity index (χ0n) is 32.1. The van der Waals surface area contributed by atoms with E-state index in [2.05, 4.69) is 42.0 Å². The summed E-state index contributed by atoms with van der Waals surface area (Å²) in [6.07, 6.45) is 23.4. The number of phosphoric acid groups is 2. The first-order valence-electron chi connectivity index (χ1n) is 19.2. The van der Waals surface area contributed by atoms with Gasteiger partial charge in [-0.3, -0.25) is 23.2 Å². The molecule has 0 heterocycles. The van der Waals surface area contributed by atoms with Gasteiger partial charge < -0.3 is 34.4 Å². The molecule has 0 amide bonds. The van der Waals surface area contributed by atoms with Gasteiger partial charge in [-0.15, -0.1) is 0 Å². The molecule has 5 N–H and O–H groups in total. The van der Waals surface area contributed by atoms with Crippen LogP contribution in [0.25, 0.3) is 0 Å². The summed E-state index contributed by atoms with van der Waals surface area (Å²) in [7, 11) is -9.69. The molecule has 310 valence electrons. The maximum absolute atomic E-state index is 12.6. The number of phosphoric ester groups is 2. The van der Waals surface area contributed by atoms with Gasteiger partial charge >= 0.3 is 27.6 Å². The van der Waals surface area contributed by atoms with Gasteiger partial charge in [0.1, 0.15) is 12.7 Å². The molecule has 0 aromatic rings. The van der Waals surface area contributed by atoms with Crippen LogP contribution < -0.4 is 0 Å². The van der Waals surface area contributed by atoms with Gasteiger partial charge in [-0.1, -0.05) is 128 Å². The summed E-state index contributed by atoms with van der Waals surface area (Å²) in [6.45, 7) is 3.73. The second-order valence-corrected chi connectivity index (χ2v) is 16.0. The second kappa shape index (κ2) is 32.5. The highest BCUT2D eigenvalue weighted by Gasteiger charge is 2.28. The van der Waals surface area contributed by atoms with Crippen molar-refractivity contribution in [3.63, 3.8) is 0 Å². The molecule has 3 unspecified atom stereocenters. The van der Waals surface area contributed by atoms with Gasteiger partial charge in [0.25, 0.3) is 0 Å². The molecule has 0 aromatic heterocycles. The van der Waals surface area contributed by atoms with E-state index in [4.69, 9.17) is 23.8 Å². The standard InChI is InChI=1S/C37H68O14P2/c1-4-6-7-8-9-14-19-24-33(38)25-20-15-12-17-21-26-36(40)47-30-35(31-50-53(45,46)49-29-34(39)28-48-52(42,43)44)51-37(41)27-22-16-11-10-13-18-23-32(3)5-2/h6-7,9,14,19,24,32-35,38-39H,4-5,8,10-13,15-18,20-23,25-31H2,1-3H3,(H,45,46)(H2,42,43,44)/b7-6+,14-9+,24-19+/t32?,33?,34-,35+/m0/s1. The Balaban J connectivity index is 4.66. The third-order valence-corrected chi connectivity index (χ3v) is 9.61. The Labute approximate surface area is 317 Å². The fraction of sp³-hybridized carbons (Fsp3) is 0.784. The van der Waals surface area contributed by atoms with Crippen LogP contribution in [0.2, 0.25) is 0 Å². The summed E-state index contributed by atoms with van der Waals surface area (Å²) in [5.41, 5.74) is 0. The van der Waals surface area contributed by atoms with Crippen LogP contribution in [0.4, 0.5) is 0 Å². The van der Waals surface area contributed by atoms with Crippen LogP contribution in [0.3, 0.4) is 0 Å². The zero-order valence-corrected chi connectivity index (χ0v) is 33.9. The van der Waals surface area contributed by atoms with E-state index < -0.39 is 72.3 Å². The van der Waals surface area contributed by atoms with E-state index in [1.807, 2.05) is 18.2 Å². The van der Waals surface area contributed by atoms with Crippen molar-refractivity contribution in [1.82, 2.24) is 0 Å². The maximum Gasteiger partial charge on any atom is 0.472 e. The number of carbonyl (C=O) groups excluding carboxylic acids is 2. The Morgan fingerprint density at radius 3 is 1.85 bits per heavy atom.